The molecule has 4 rings (SSSR count). The SMILES string of the molecule is CCn1c(=NC(=O)CSCC(=O)N2CCCc3ccccc32)sc2cc(Cl)ccc21. The Morgan fingerprint density at radius 2 is 2.03 bits per heavy atom. The van der Waals surface area contributed by atoms with E-state index in [4.69, 9.17) is 11.6 Å². The van der Waals surface area contributed by atoms with E-state index in [0.29, 0.717) is 16.4 Å². The standard InChI is InChI=1S/C22H22ClN3O2S2/c1-2-25-18-10-9-16(23)12-19(18)30-22(25)24-20(27)13-29-14-21(28)26-11-5-7-15-6-3-4-8-17(15)26/h3-4,6,8-10,12H,2,5,7,11,13-14H2,1H3. The zero-order chi connectivity index (χ0) is 21.1. The molecule has 3 aromatic rings. The van der Waals surface area contributed by atoms with Gasteiger partial charge in [0.1, 0.15) is 0 Å². The lowest BCUT2D eigenvalue weighted by Gasteiger charge is -2.29. The van der Waals surface area contributed by atoms with Crippen LogP contribution in [0.3, 0.4) is 0 Å². The van der Waals surface area contributed by atoms with Crippen LogP contribution in [0.2, 0.25) is 5.02 Å². The number of aryl methyl sites for hydroxylation is 2. The summed E-state index contributed by atoms with van der Waals surface area (Å²) in [5, 5.41) is 0.665. The number of thiazole rings is 1. The van der Waals surface area contributed by atoms with E-state index in [1.807, 2.05) is 52.8 Å². The van der Waals surface area contributed by atoms with Crippen LogP contribution in [-0.2, 0) is 22.6 Å². The van der Waals surface area contributed by atoms with Gasteiger partial charge in [-0.25, -0.2) is 0 Å². The molecule has 2 amide bonds. The van der Waals surface area contributed by atoms with Gasteiger partial charge < -0.3 is 9.47 Å². The quantitative estimate of drug-likeness (QED) is 0.563. The molecule has 0 saturated heterocycles. The van der Waals surface area contributed by atoms with Crippen LogP contribution in [0, 0.1) is 0 Å². The number of hydrogen-bond acceptors (Lipinski definition) is 4. The Morgan fingerprint density at radius 3 is 2.87 bits per heavy atom. The minimum atomic E-state index is -0.230. The second-order valence-corrected chi connectivity index (χ2v) is 9.45. The summed E-state index contributed by atoms with van der Waals surface area (Å²) in [5.41, 5.74) is 3.23. The van der Waals surface area contributed by atoms with E-state index in [0.717, 1.165) is 35.3 Å². The lowest BCUT2D eigenvalue weighted by Crippen LogP contribution is -2.36. The average molecular weight is 460 g/mol. The monoisotopic (exact) mass is 459 g/mol. The van der Waals surface area contributed by atoms with Gasteiger partial charge in [-0.15, -0.1) is 11.8 Å². The van der Waals surface area contributed by atoms with Gasteiger partial charge in [0.05, 0.1) is 21.7 Å². The maximum Gasteiger partial charge on any atom is 0.258 e. The van der Waals surface area contributed by atoms with Gasteiger partial charge in [-0.2, -0.15) is 4.99 Å². The summed E-state index contributed by atoms with van der Waals surface area (Å²) in [5.74, 6) is 0.262. The molecule has 0 saturated carbocycles. The molecule has 156 valence electrons. The number of thioether (sulfide) groups is 1. The van der Waals surface area contributed by atoms with Crippen LogP contribution in [0.15, 0.2) is 47.5 Å². The van der Waals surface area contributed by atoms with Gasteiger partial charge in [-0.3, -0.25) is 9.59 Å². The van der Waals surface area contributed by atoms with Crippen LogP contribution in [-0.4, -0.2) is 34.4 Å². The molecule has 0 unspecified atom stereocenters. The highest BCUT2D eigenvalue weighted by Crippen LogP contribution is 2.27. The van der Waals surface area contributed by atoms with E-state index in [2.05, 4.69) is 11.1 Å². The summed E-state index contributed by atoms with van der Waals surface area (Å²) >= 11 is 8.86. The molecule has 0 fully saturated rings. The van der Waals surface area contributed by atoms with Gasteiger partial charge in [0.15, 0.2) is 4.80 Å². The van der Waals surface area contributed by atoms with Crippen molar-refractivity contribution in [3.8, 4) is 0 Å². The molecular weight excluding hydrogens is 438 g/mol. The minimum Gasteiger partial charge on any atom is -0.317 e. The molecule has 1 aromatic heterocycles. The zero-order valence-corrected chi connectivity index (χ0v) is 19.0. The third kappa shape index (κ3) is 4.48. The smallest absolute Gasteiger partial charge is 0.258 e. The Kier molecular flexibility index (Phi) is 6.61. The first-order valence-electron chi connectivity index (χ1n) is 9.89. The Bertz CT molecular complexity index is 1170. The molecule has 0 aliphatic carbocycles. The van der Waals surface area contributed by atoms with E-state index in [1.54, 1.807) is 0 Å². The van der Waals surface area contributed by atoms with Crippen molar-refractivity contribution in [2.45, 2.75) is 26.3 Å². The number of amides is 2. The molecular formula is C22H22ClN3O2S2. The Labute approximate surface area is 188 Å². The zero-order valence-electron chi connectivity index (χ0n) is 16.6. The largest absolute Gasteiger partial charge is 0.317 e. The van der Waals surface area contributed by atoms with Crippen molar-refractivity contribution in [3.63, 3.8) is 0 Å². The molecule has 0 N–H and O–H groups in total. The number of para-hydroxylation sites is 1. The second kappa shape index (κ2) is 9.37. The number of hydrogen-bond donors (Lipinski definition) is 0. The Hall–Kier alpha value is -2.09. The van der Waals surface area contributed by atoms with Crippen molar-refractivity contribution < 1.29 is 9.59 Å². The first kappa shape index (κ1) is 21.2. The van der Waals surface area contributed by atoms with Crippen LogP contribution >= 0.6 is 34.7 Å². The van der Waals surface area contributed by atoms with Crippen LogP contribution in [0.1, 0.15) is 18.9 Å². The predicted octanol–water partition coefficient (Wildman–Crippen LogP) is 4.52. The van der Waals surface area contributed by atoms with Gasteiger partial charge in [0.25, 0.3) is 5.91 Å². The lowest BCUT2D eigenvalue weighted by atomic mass is 10.0. The van der Waals surface area contributed by atoms with Crippen LogP contribution in [0.4, 0.5) is 5.69 Å². The van der Waals surface area contributed by atoms with Crippen molar-refractivity contribution in [3.05, 3.63) is 57.9 Å². The topological polar surface area (TPSA) is 54.7 Å². The molecule has 0 atom stereocenters. The number of carbonyl (C=O) groups is 2. The second-order valence-electron chi connectivity index (χ2n) is 7.02. The molecule has 30 heavy (non-hydrogen) atoms. The molecule has 2 heterocycles. The molecule has 1 aliphatic heterocycles. The molecule has 1 aliphatic rings. The van der Waals surface area contributed by atoms with Crippen molar-refractivity contribution in [1.82, 2.24) is 4.57 Å². The number of benzene rings is 2. The summed E-state index contributed by atoms with van der Waals surface area (Å²) in [6.07, 6.45) is 1.97. The fourth-order valence-electron chi connectivity index (χ4n) is 3.67. The third-order valence-corrected chi connectivity index (χ3v) is 7.22. The van der Waals surface area contributed by atoms with Gasteiger partial charge in [-0.1, -0.05) is 41.1 Å². The molecule has 8 heteroatoms. The maximum atomic E-state index is 12.7. The van der Waals surface area contributed by atoms with Crippen LogP contribution in [0.25, 0.3) is 10.2 Å². The fraction of sp³-hybridized carbons (Fsp3) is 0.318. The summed E-state index contributed by atoms with van der Waals surface area (Å²) in [7, 11) is 0. The highest BCUT2D eigenvalue weighted by Gasteiger charge is 2.22. The van der Waals surface area contributed by atoms with Gasteiger partial charge in [0.2, 0.25) is 5.91 Å². The number of anilines is 1. The van der Waals surface area contributed by atoms with E-state index in [-0.39, 0.29) is 23.3 Å². The van der Waals surface area contributed by atoms with Crippen molar-refractivity contribution in [2.24, 2.45) is 4.99 Å². The van der Waals surface area contributed by atoms with Gasteiger partial charge in [0, 0.05) is 23.8 Å². The number of rotatable bonds is 5. The number of halogens is 1. The Balaban J connectivity index is 1.41. The number of nitrogens with zero attached hydrogens (tertiary/aromatic N) is 3. The molecule has 0 radical (unpaired) electrons. The predicted molar refractivity (Wildman–Crippen MR) is 126 cm³/mol. The van der Waals surface area contributed by atoms with Gasteiger partial charge in [-0.05, 0) is 49.6 Å². The summed E-state index contributed by atoms with van der Waals surface area (Å²) in [4.78, 5) is 31.9. The lowest BCUT2D eigenvalue weighted by molar-refractivity contribution is -0.116. The van der Waals surface area contributed by atoms with E-state index in [9.17, 15) is 9.59 Å². The van der Waals surface area contributed by atoms with Crippen molar-refractivity contribution in [2.75, 3.05) is 23.0 Å². The summed E-state index contributed by atoms with van der Waals surface area (Å²) < 4.78 is 3.01. The number of fused-ring (bicyclic) bond motifs is 2. The van der Waals surface area contributed by atoms with E-state index in [1.165, 1.54) is 28.7 Å². The Morgan fingerprint density at radius 1 is 1.20 bits per heavy atom. The third-order valence-electron chi connectivity index (χ3n) is 5.04. The maximum absolute atomic E-state index is 12.7. The fourth-order valence-corrected chi connectivity index (χ4v) is 5.73. The van der Waals surface area contributed by atoms with Crippen molar-refractivity contribution in [1.29, 1.82) is 0 Å². The summed E-state index contributed by atoms with van der Waals surface area (Å²) in [6, 6.07) is 13.7. The highest BCUT2D eigenvalue weighted by molar-refractivity contribution is 8.00. The number of carbonyl (C=O) groups excluding carboxylic acids is 2. The highest BCUT2D eigenvalue weighted by atomic mass is 35.5. The first-order chi connectivity index (χ1) is 14.6. The first-order valence-corrected chi connectivity index (χ1v) is 12.2. The van der Waals surface area contributed by atoms with Crippen LogP contribution < -0.4 is 9.70 Å². The van der Waals surface area contributed by atoms with Crippen LogP contribution in [0.5, 0.6) is 0 Å². The molecule has 5 nitrogen and oxygen atoms in total. The average Bonchev–Trinajstić information content (AvgIpc) is 3.08. The van der Waals surface area contributed by atoms with Crippen molar-refractivity contribution >= 4 is 62.4 Å². The summed E-state index contributed by atoms with van der Waals surface area (Å²) in [6.45, 7) is 3.47. The molecule has 2 aromatic carbocycles. The normalized spacial score (nSPS) is 14.2. The van der Waals surface area contributed by atoms with E-state index >= 15 is 0 Å². The molecule has 0 bridgehead atoms. The number of aromatic nitrogens is 1. The van der Waals surface area contributed by atoms with Gasteiger partial charge >= 0.3 is 0 Å². The minimum absolute atomic E-state index is 0.0417. The van der Waals surface area contributed by atoms with E-state index < -0.39 is 0 Å². The molecule has 0 spiro atoms.